The molecule has 2 aliphatic rings. The number of hydrogen-bond acceptors (Lipinski definition) is 3. The number of rotatable bonds is 6. The molecule has 1 aliphatic carbocycles. The van der Waals surface area contributed by atoms with Crippen LogP contribution in [0.1, 0.15) is 51.0 Å². The van der Waals surface area contributed by atoms with Gasteiger partial charge in [-0.15, -0.1) is 0 Å². The number of carbonyl (C=O) groups excluding carboxylic acids is 1. The van der Waals surface area contributed by atoms with E-state index in [0.717, 1.165) is 5.56 Å². The maximum atomic E-state index is 14.6. The largest absolute Gasteiger partial charge is 0.339 e. The third-order valence-corrected chi connectivity index (χ3v) is 9.09. The summed E-state index contributed by atoms with van der Waals surface area (Å²) in [6, 6.07) is 9.53. The van der Waals surface area contributed by atoms with Gasteiger partial charge in [-0.05, 0) is 57.7 Å². The van der Waals surface area contributed by atoms with Crippen molar-refractivity contribution >= 4 is 15.9 Å². The van der Waals surface area contributed by atoms with Crippen LogP contribution in [-0.2, 0) is 14.8 Å². The zero-order chi connectivity index (χ0) is 25.4. The van der Waals surface area contributed by atoms with Crippen LogP contribution in [0.5, 0.6) is 0 Å². The van der Waals surface area contributed by atoms with Gasteiger partial charge in [0.2, 0.25) is 21.9 Å². The molecular formula is C26H31F3N2O3S. The lowest BCUT2D eigenvalue weighted by atomic mass is 9.90. The Morgan fingerprint density at radius 1 is 1.09 bits per heavy atom. The number of nitrogens with zero attached hydrogens (tertiary/aromatic N) is 2. The van der Waals surface area contributed by atoms with E-state index in [9.17, 15) is 26.4 Å². The maximum Gasteiger partial charge on any atom is 0.248 e. The average Bonchev–Trinajstić information content (AvgIpc) is 3.31. The number of sulfonamides is 1. The van der Waals surface area contributed by atoms with Gasteiger partial charge in [-0.25, -0.2) is 21.6 Å². The summed E-state index contributed by atoms with van der Waals surface area (Å²) in [4.78, 5) is 15.1. The Morgan fingerprint density at radius 3 is 2.43 bits per heavy atom. The van der Waals surface area contributed by atoms with Crippen LogP contribution in [0.4, 0.5) is 13.2 Å². The number of aryl methyl sites for hydroxylation is 1. The Kier molecular flexibility index (Phi) is 7.29. The molecule has 1 amide bonds. The Morgan fingerprint density at radius 2 is 1.77 bits per heavy atom. The second kappa shape index (κ2) is 9.93. The van der Waals surface area contributed by atoms with Crippen molar-refractivity contribution in [3.8, 4) is 11.1 Å². The van der Waals surface area contributed by atoms with Crippen molar-refractivity contribution in [3.05, 3.63) is 53.8 Å². The van der Waals surface area contributed by atoms with Crippen molar-refractivity contribution in [2.45, 2.75) is 75.3 Å². The number of carbonyl (C=O) groups is 1. The summed E-state index contributed by atoms with van der Waals surface area (Å²) >= 11 is 0. The van der Waals surface area contributed by atoms with Crippen molar-refractivity contribution in [1.29, 1.82) is 0 Å². The first-order valence-electron chi connectivity index (χ1n) is 12.1. The highest BCUT2D eigenvalue weighted by atomic mass is 32.2. The van der Waals surface area contributed by atoms with E-state index in [0.29, 0.717) is 19.4 Å². The van der Waals surface area contributed by atoms with Crippen LogP contribution < -0.4 is 0 Å². The normalized spacial score (nSPS) is 21.2. The van der Waals surface area contributed by atoms with Gasteiger partial charge >= 0.3 is 0 Å². The number of hydrogen-bond donors (Lipinski definition) is 0. The van der Waals surface area contributed by atoms with Crippen LogP contribution in [-0.4, -0.2) is 54.6 Å². The van der Waals surface area contributed by atoms with E-state index in [1.165, 1.54) is 22.5 Å². The fourth-order valence-electron chi connectivity index (χ4n) is 5.28. The van der Waals surface area contributed by atoms with Gasteiger partial charge in [-0.3, -0.25) is 4.79 Å². The summed E-state index contributed by atoms with van der Waals surface area (Å²) in [5.74, 6) is -3.59. The first kappa shape index (κ1) is 25.7. The molecule has 190 valence electrons. The minimum Gasteiger partial charge on any atom is -0.339 e. The lowest BCUT2D eigenvalue weighted by molar-refractivity contribution is -0.139. The molecule has 1 saturated heterocycles. The highest BCUT2D eigenvalue weighted by Crippen LogP contribution is 2.38. The van der Waals surface area contributed by atoms with E-state index >= 15 is 0 Å². The summed E-state index contributed by atoms with van der Waals surface area (Å²) < 4.78 is 70.9. The van der Waals surface area contributed by atoms with E-state index in [-0.39, 0.29) is 60.2 Å². The molecule has 2 aromatic carbocycles. The van der Waals surface area contributed by atoms with Crippen LogP contribution in [0.3, 0.4) is 0 Å². The highest BCUT2D eigenvalue weighted by molar-refractivity contribution is 7.89. The van der Waals surface area contributed by atoms with Gasteiger partial charge in [0.25, 0.3) is 0 Å². The molecule has 9 heteroatoms. The monoisotopic (exact) mass is 508 g/mol. The zero-order valence-electron chi connectivity index (χ0n) is 20.0. The van der Waals surface area contributed by atoms with Gasteiger partial charge in [-0.1, -0.05) is 29.8 Å². The van der Waals surface area contributed by atoms with Crippen LogP contribution in [0.25, 0.3) is 11.1 Å². The molecule has 1 atom stereocenters. The minimum atomic E-state index is -4.14. The van der Waals surface area contributed by atoms with Crippen LogP contribution >= 0.6 is 0 Å². The zero-order valence-corrected chi connectivity index (χ0v) is 20.8. The molecule has 35 heavy (non-hydrogen) atoms. The van der Waals surface area contributed by atoms with E-state index in [1.54, 1.807) is 43.0 Å². The fraction of sp³-hybridized carbons (Fsp3) is 0.500. The van der Waals surface area contributed by atoms with Crippen molar-refractivity contribution < 1.29 is 26.4 Å². The first-order valence-corrected chi connectivity index (χ1v) is 13.5. The average molecular weight is 509 g/mol. The molecule has 0 aromatic heterocycles. The Labute approximate surface area is 205 Å². The SMILES string of the molecule is CCN(C(=O)[C@@H]1CCCN1S(=O)(=O)c1ccc(C)cc1-c1ccccc1F)C1CCC(F)(F)CC1. The highest BCUT2D eigenvalue weighted by Gasteiger charge is 2.44. The van der Waals surface area contributed by atoms with Gasteiger partial charge in [0, 0.05) is 43.1 Å². The summed E-state index contributed by atoms with van der Waals surface area (Å²) in [6.45, 7) is 4.08. The lowest BCUT2D eigenvalue weighted by Crippen LogP contribution is -2.52. The Balaban J connectivity index is 1.66. The van der Waals surface area contributed by atoms with Gasteiger partial charge in [0.15, 0.2) is 0 Å². The number of amides is 1. The number of likely N-dealkylation sites (N-methyl/N-ethyl adjacent to an activating group) is 1. The topological polar surface area (TPSA) is 57.7 Å². The van der Waals surface area contributed by atoms with Gasteiger partial charge in [0.05, 0.1) is 4.90 Å². The molecule has 5 nitrogen and oxygen atoms in total. The Hall–Kier alpha value is -2.39. The van der Waals surface area contributed by atoms with E-state index in [2.05, 4.69) is 0 Å². The first-order chi connectivity index (χ1) is 16.5. The number of alkyl halides is 2. The third kappa shape index (κ3) is 5.11. The van der Waals surface area contributed by atoms with Crippen molar-refractivity contribution in [2.75, 3.05) is 13.1 Å². The molecule has 0 bridgehead atoms. The number of halogens is 3. The van der Waals surface area contributed by atoms with Crippen molar-refractivity contribution in [2.24, 2.45) is 0 Å². The molecule has 1 aliphatic heterocycles. The standard InChI is InChI=1S/C26H31F3N2O3S/c1-3-30(19-12-14-26(28,29)15-13-19)25(32)23-9-6-16-31(23)35(33,34)24-11-10-18(2)17-21(24)20-7-4-5-8-22(20)27/h4-5,7-8,10-11,17,19,23H,3,6,9,12-16H2,1-2H3/t23-/m0/s1. The van der Waals surface area contributed by atoms with Crippen molar-refractivity contribution in [1.82, 2.24) is 9.21 Å². The van der Waals surface area contributed by atoms with Crippen LogP contribution in [0.15, 0.2) is 47.4 Å². The molecule has 0 unspecified atom stereocenters. The molecule has 0 spiro atoms. The smallest absolute Gasteiger partial charge is 0.248 e. The second-order valence-corrected chi connectivity index (χ2v) is 11.3. The minimum absolute atomic E-state index is 0.0479. The summed E-state index contributed by atoms with van der Waals surface area (Å²) in [5, 5.41) is 0. The molecule has 2 aromatic rings. The van der Waals surface area contributed by atoms with Crippen LogP contribution in [0, 0.1) is 12.7 Å². The maximum absolute atomic E-state index is 14.6. The molecular weight excluding hydrogens is 477 g/mol. The van der Waals surface area contributed by atoms with E-state index in [1.807, 2.05) is 0 Å². The van der Waals surface area contributed by atoms with Gasteiger partial charge in [-0.2, -0.15) is 4.31 Å². The fourth-order valence-corrected chi connectivity index (χ4v) is 7.12. The predicted molar refractivity (Wildman–Crippen MR) is 128 cm³/mol. The summed E-state index contributed by atoms with van der Waals surface area (Å²) in [5.41, 5.74) is 1.21. The summed E-state index contributed by atoms with van der Waals surface area (Å²) in [7, 11) is -4.14. The van der Waals surface area contributed by atoms with Crippen molar-refractivity contribution in [3.63, 3.8) is 0 Å². The molecule has 0 radical (unpaired) electrons. The van der Waals surface area contributed by atoms with Gasteiger partial charge < -0.3 is 4.90 Å². The molecule has 4 rings (SSSR count). The predicted octanol–water partition coefficient (Wildman–Crippen LogP) is 5.38. The second-order valence-electron chi connectivity index (χ2n) is 9.46. The molecule has 1 saturated carbocycles. The van der Waals surface area contributed by atoms with E-state index < -0.39 is 27.8 Å². The quantitative estimate of drug-likeness (QED) is 0.527. The summed E-state index contributed by atoms with van der Waals surface area (Å²) in [6.07, 6.45) is 0.713. The van der Waals surface area contributed by atoms with Crippen LogP contribution in [0.2, 0.25) is 0 Å². The molecule has 1 heterocycles. The lowest BCUT2D eigenvalue weighted by Gasteiger charge is -2.38. The molecule has 2 fully saturated rings. The Bertz CT molecular complexity index is 1190. The number of benzene rings is 2. The molecule has 0 N–H and O–H groups in total. The third-order valence-electron chi connectivity index (χ3n) is 7.13. The van der Waals surface area contributed by atoms with E-state index in [4.69, 9.17) is 0 Å². The van der Waals surface area contributed by atoms with Gasteiger partial charge in [0.1, 0.15) is 11.9 Å².